The summed E-state index contributed by atoms with van der Waals surface area (Å²) in [6, 6.07) is 7.97. The predicted molar refractivity (Wildman–Crippen MR) is 63.0 cm³/mol. The Labute approximate surface area is 97.5 Å². The Hall–Kier alpha value is -1.06. The second-order valence-corrected chi connectivity index (χ2v) is 4.24. The standard InChI is InChI=1S/C11H10ClNOS/c1-2-8-3-5-9(6-4-8)14-11-13-10(12)7-15-11/h3-7H,2H2,1H3. The first kappa shape index (κ1) is 10.5. The minimum atomic E-state index is 0.472. The average Bonchev–Trinajstić information content (AvgIpc) is 2.65. The molecule has 1 heterocycles. The molecular formula is C11H10ClNOS. The monoisotopic (exact) mass is 239 g/mol. The maximum atomic E-state index is 5.69. The van der Waals surface area contributed by atoms with Crippen molar-refractivity contribution in [2.75, 3.05) is 0 Å². The van der Waals surface area contributed by atoms with Gasteiger partial charge in [0.15, 0.2) is 0 Å². The van der Waals surface area contributed by atoms with E-state index in [4.69, 9.17) is 16.3 Å². The lowest BCUT2D eigenvalue weighted by Crippen LogP contribution is -1.84. The van der Waals surface area contributed by atoms with Gasteiger partial charge in [0, 0.05) is 5.38 Å². The van der Waals surface area contributed by atoms with Gasteiger partial charge in [-0.15, -0.1) is 0 Å². The minimum Gasteiger partial charge on any atom is -0.431 e. The number of hydrogen-bond donors (Lipinski definition) is 0. The molecule has 4 heteroatoms. The second kappa shape index (κ2) is 4.64. The van der Waals surface area contributed by atoms with Gasteiger partial charge in [0.05, 0.1) is 0 Å². The molecule has 0 saturated heterocycles. The summed E-state index contributed by atoms with van der Waals surface area (Å²) in [6.07, 6.45) is 1.03. The quantitative estimate of drug-likeness (QED) is 0.803. The number of ether oxygens (including phenoxy) is 1. The number of halogens is 1. The molecule has 0 fully saturated rings. The molecular weight excluding hydrogens is 230 g/mol. The fourth-order valence-electron chi connectivity index (χ4n) is 1.18. The van der Waals surface area contributed by atoms with E-state index in [1.807, 2.05) is 24.3 Å². The van der Waals surface area contributed by atoms with E-state index < -0.39 is 0 Å². The van der Waals surface area contributed by atoms with Crippen molar-refractivity contribution in [1.29, 1.82) is 0 Å². The van der Waals surface area contributed by atoms with Crippen LogP contribution < -0.4 is 4.74 Å². The van der Waals surface area contributed by atoms with Gasteiger partial charge in [-0.3, -0.25) is 0 Å². The highest BCUT2D eigenvalue weighted by molar-refractivity contribution is 7.11. The molecule has 0 spiro atoms. The van der Waals surface area contributed by atoms with Crippen LogP contribution in [0.1, 0.15) is 12.5 Å². The summed E-state index contributed by atoms with van der Waals surface area (Å²) in [7, 11) is 0. The Morgan fingerprint density at radius 2 is 2.07 bits per heavy atom. The zero-order valence-corrected chi connectivity index (χ0v) is 9.81. The van der Waals surface area contributed by atoms with Crippen LogP contribution in [0.4, 0.5) is 0 Å². The molecule has 0 aliphatic rings. The summed E-state index contributed by atoms with van der Waals surface area (Å²) >= 11 is 7.08. The third kappa shape index (κ3) is 2.70. The highest BCUT2D eigenvalue weighted by Gasteiger charge is 2.02. The average molecular weight is 240 g/mol. The lowest BCUT2D eigenvalue weighted by atomic mass is 10.2. The molecule has 2 rings (SSSR count). The first-order valence-electron chi connectivity index (χ1n) is 4.65. The van der Waals surface area contributed by atoms with Gasteiger partial charge in [-0.1, -0.05) is 42.0 Å². The maximum Gasteiger partial charge on any atom is 0.280 e. The molecule has 0 N–H and O–H groups in total. The third-order valence-corrected chi connectivity index (χ3v) is 3.03. The topological polar surface area (TPSA) is 22.1 Å². The van der Waals surface area contributed by atoms with E-state index in [0.29, 0.717) is 10.3 Å². The van der Waals surface area contributed by atoms with E-state index in [2.05, 4.69) is 11.9 Å². The maximum absolute atomic E-state index is 5.69. The fourth-order valence-corrected chi connectivity index (χ4v) is 1.99. The number of aromatic nitrogens is 1. The lowest BCUT2D eigenvalue weighted by molar-refractivity contribution is 0.479. The van der Waals surface area contributed by atoms with Crippen LogP contribution in [0.15, 0.2) is 29.6 Å². The Morgan fingerprint density at radius 1 is 1.33 bits per heavy atom. The smallest absolute Gasteiger partial charge is 0.280 e. The van der Waals surface area contributed by atoms with E-state index in [-0.39, 0.29) is 0 Å². The van der Waals surface area contributed by atoms with Crippen LogP contribution in [0.25, 0.3) is 0 Å². The van der Waals surface area contributed by atoms with Crippen molar-refractivity contribution in [2.45, 2.75) is 13.3 Å². The van der Waals surface area contributed by atoms with E-state index in [0.717, 1.165) is 12.2 Å². The molecule has 0 amide bonds. The first-order chi connectivity index (χ1) is 7.28. The summed E-state index contributed by atoms with van der Waals surface area (Å²) < 4.78 is 5.52. The molecule has 0 bridgehead atoms. The van der Waals surface area contributed by atoms with Gasteiger partial charge in [-0.25, -0.2) is 0 Å². The van der Waals surface area contributed by atoms with Crippen LogP contribution in [0.5, 0.6) is 10.9 Å². The Kier molecular flexibility index (Phi) is 3.23. The second-order valence-electron chi connectivity index (χ2n) is 3.04. The molecule has 1 aromatic heterocycles. The normalized spacial score (nSPS) is 10.3. The van der Waals surface area contributed by atoms with Gasteiger partial charge in [0.1, 0.15) is 10.9 Å². The molecule has 2 nitrogen and oxygen atoms in total. The van der Waals surface area contributed by atoms with E-state index in [1.165, 1.54) is 16.9 Å². The van der Waals surface area contributed by atoms with Crippen molar-refractivity contribution in [3.8, 4) is 10.9 Å². The summed E-state index contributed by atoms with van der Waals surface area (Å²) in [5.41, 5.74) is 1.29. The predicted octanol–water partition coefficient (Wildman–Crippen LogP) is 4.15. The molecule has 15 heavy (non-hydrogen) atoms. The van der Waals surface area contributed by atoms with Crippen molar-refractivity contribution in [3.05, 3.63) is 40.4 Å². The van der Waals surface area contributed by atoms with Crippen LogP contribution in [0, 0.1) is 0 Å². The summed E-state index contributed by atoms with van der Waals surface area (Å²) in [4.78, 5) is 4.01. The molecule has 0 atom stereocenters. The number of aryl methyl sites for hydroxylation is 1. The van der Waals surface area contributed by atoms with Gasteiger partial charge in [0.25, 0.3) is 5.19 Å². The van der Waals surface area contributed by atoms with Gasteiger partial charge in [0.2, 0.25) is 0 Å². The number of rotatable bonds is 3. The SMILES string of the molecule is CCc1ccc(Oc2nc(Cl)cs2)cc1. The van der Waals surface area contributed by atoms with Crippen molar-refractivity contribution >= 4 is 22.9 Å². The molecule has 2 aromatic rings. The van der Waals surface area contributed by atoms with Gasteiger partial charge in [-0.05, 0) is 24.1 Å². The van der Waals surface area contributed by atoms with E-state index in [9.17, 15) is 0 Å². The van der Waals surface area contributed by atoms with Crippen molar-refractivity contribution < 1.29 is 4.74 Å². The van der Waals surface area contributed by atoms with Crippen molar-refractivity contribution in [1.82, 2.24) is 4.98 Å². The van der Waals surface area contributed by atoms with Crippen LogP contribution >= 0.6 is 22.9 Å². The van der Waals surface area contributed by atoms with Crippen molar-refractivity contribution in [3.63, 3.8) is 0 Å². The molecule has 0 unspecified atom stereocenters. The van der Waals surface area contributed by atoms with Gasteiger partial charge < -0.3 is 4.74 Å². The number of thiazole rings is 1. The highest BCUT2D eigenvalue weighted by Crippen LogP contribution is 2.27. The minimum absolute atomic E-state index is 0.472. The first-order valence-corrected chi connectivity index (χ1v) is 5.91. The summed E-state index contributed by atoms with van der Waals surface area (Å²) in [5, 5.41) is 2.79. The van der Waals surface area contributed by atoms with Gasteiger partial charge in [-0.2, -0.15) is 4.98 Å². The molecule has 0 aliphatic heterocycles. The van der Waals surface area contributed by atoms with E-state index >= 15 is 0 Å². The number of benzene rings is 1. The van der Waals surface area contributed by atoms with Crippen LogP contribution in [-0.4, -0.2) is 4.98 Å². The third-order valence-electron chi connectivity index (χ3n) is 1.99. The van der Waals surface area contributed by atoms with Crippen LogP contribution in [-0.2, 0) is 6.42 Å². The van der Waals surface area contributed by atoms with Gasteiger partial charge >= 0.3 is 0 Å². The molecule has 78 valence electrons. The molecule has 1 aromatic carbocycles. The highest BCUT2D eigenvalue weighted by atomic mass is 35.5. The zero-order valence-electron chi connectivity index (χ0n) is 8.24. The zero-order chi connectivity index (χ0) is 10.7. The van der Waals surface area contributed by atoms with Crippen LogP contribution in [0.3, 0.4) is 0 Å². The Balaban J connectivity index is 2.11. The lowest BCUT2D eigenvalue weighted by Gasteiger charge is -2.02. The molecule has 0 radical (unpaired) electrons. The molecule has 0 aliphatic carbocycles. The van der Waals surface area contributed by atoms with E-state index in [1.54, 1.807) is 5.38 Å². The summed E-state index contributed by atoms with van der Waals surface area (Å²) in [5.74, 6) is 0.790. The van der Waals surface area contributed by atoms with Crippen LogP contribution in [0.2, 0.25) is 5.15 Å². The Bertz CT molecular complexity index is 438. The number of nitrogens with zero attached hydrogens (tertiary/aromatic N) is 1. The largest absolute Gasteiger partial charge is 0.431 e. The molecule has 0 saturated carbocycles. The number of hydrogen-bond acceptors (Lipinski definition) is 3. The summed E-state index contributed by atoms with van der Waals surface area (Å²) in [6.45, 7) is 2.12. The Morgan fingerprint density at radius 3 is 2.60 bits per heavy atom. The van der Waals surface area contributed by atoms with Crippen molar-refractivity contribution in [2.24, 2.45) is 0 Å². The fraction of sp³-hybridized carbons (Fsp3) is 0.182.